The molecule has 17 heavy (non-hydrogen) atoms. The summed E-state index contributed by atoms with van der Waals surface area (Å²) in [6.07, 6.45) is 2.46. The summed E-state index contributed by atoms with van der Waals surface area (Å²) in [6.45, 7) is 6.80. The van der Waals surface area contributed by atoms with Crippen LogP contribution in [0.2, 0.25) is 0 Å². The molecule has 1 saturated heterocycles. The van der Waals surface area contributed by atoms with Gasteiger partial charge in [0.25, 0.3) is 0 Å². The highest BCUT2D eigenvalue weighted by atomic mass is 35.5. The van der Waals surface area contributed by atoms with E-state index in [4.69, 9.17) is 0 Å². The number of hydrogen-bond acceptors (Lipinski definition) is 3. The number of piperidine rings is 1. The van der Waals surface area contributed by atoms with Crippen LogP contribution in [-0.2, 0) is 4.79 Å². The van der Waals surface area contributed by atoms with Crippen LogP contribution >= 0.6 is 12.4 Å². The van der Waals surface area contributed by atoms with Gasteiger partial charge in [-0.1, -0.05) is 13.8 Å². The van der Waals surface area contributed by atoms with Gasteiger partial charge in [-0.15, -0.1) is 12.4 Å². The summed E-state index contributed by atoms with van der Waals surface area (Å²) in [4.78, 5) is 13.4. The normalized spacial score (nSPS) is 23.0. The van der Waals surface area contributed by atoms with Crippen molar-refractivity contribution in [3.05, 3.63) is 0 Å². The molecule has 1 amide bonds. The second kappa shape index (κ2) is 7.19. The maximum Gasteiger partial charge on any atom is 0.234 e. The fourth-order valence-electron chi connectivity index (χ4n) is 2.18. The molecule has 1 atom stereocenters. The molecular formula is C12H26ClN3O. The highest BCUT2D eigenvalue weighted by Gasteiger charge is 2.31. The number of carbonyl (C=O) groups excluding carboxylic acids is 1. The molecule has 1 aliphatic heterocycles. The van der Waals surface area contributed by atoms with Crippen LogP contribution in [-0.4, -0.2) is 50.6 Å². The van der Waals surface area contributed by atoms with E-state index in [2.05, 4.69) is 24.5 Å². The van der Waals surface area contributed by atoms with Crippen LogP contribution in [0.5, 0.6) is 0 Å². The largest absolute Gasteiger partial charge is 0.353 e. The number of likely N-dealkylation sites (N-methyl/N-ethyl adjacent to an activating group) is 1. The molecule has 1 rings (SSSR count). The van der Waals surface area contributed by atoms with Crippen LogP contribution in [0.4, 0.5) is 0 Å². The number of nitrogens with one attached hydrogen (secondary N) is 2. The van der Waals surface area contributed by atoms with Gasteiger partial charge in [0.15, 0.2) is 0 Å². The summed E-state index contributed by atoms with van der Waals surface area (Å²) in [5.41, 5.74) is 0.281. The van der Waals surface area contributed by atoms with Gasteiger partial charge in [-0.25, -0.2) is 0 Å². The van der Waals surface area contributed by atoms with Crippen molar-refractivity contribution in [3.63, 3.8) is 0 Å². The van der Waals surface area contributed by atoms with Crippen LogP contribution < -0.4 is 10.6 Å². The topological polar surface area (TPSA) is 44.4 Å². The first-order valence-electron chi connectivity index (χ1n) is 6.06. The minimum absolute atomic E-state index is 0. The van der Waals surface area contributed by atoms with Gasteiger partial charge in [-0.2, -0.15) is 0 Å². The number of halogens is 1. The minimum Gasteiger partial charge on any atom is -0.353 e. The zero-order valence-corrected chi connectivity index (χ0v) is 12.2. The lowest BCUT2D eigenvalue weighted by molar-refractivity contribution is -0.121. The van der Waals surface area contributed by atoms with Crippen molar-refractivity contribution >= 4 is 18.3 Å². The molecule has 0 radical (unpaired) electrons. The summed E-state index contributed by atoms with van der Waals surface area (Å²) in [5.74, 6) is 0.105. The Bertz CT molecular complexity index is 244. The molecule has 0 aromatic rings. The average molecular weight is 264 g/mol. The van der Waals surface area contributed by atoms with E-state index in [1.54, 1.807) is 0 Å². The van der Waals surface area contributed by atoms with E-state index in [0.29, 0.717) is 12.6 Å². The molecular weight excluding hydrogens is 238 g/mol. The van der Waals surface area contributed by atoms with Crippen molar-refractivity contribution in [1.82, 2.24) is 15.5 Å². The molecule has 1 fully saturated rings. The summed E-state index contributed by atoms with van der Waals surface area (Å²) < 4.78 is 0. The van der Waals surface area contributed by atoms with Crippen molar-refractivity contribution in [3.8, 4) is 0 Å². The van der Waals surface area contributed by atoms with E-state index >= 15 is 0 Å². The predicted molar refractivity (Wildman–Crippen MR) is 73.6 cm³/mol. The predicted octanol–water partition coefficient (Wildman–Crippen LogP) is 0.864. The molecule has 2 N–H and O–H groups in total. The Balaban J connectivity index is 0.00000256. The summed E-state index contributed by atoms with van der Waals surface area (Å²) >= 11 is 0. The maximum absolute atomic E-state index is 11.5. The van der Waals surface area contributed by atoms with Crippen molar-refractivity contribution in [2.75, 3.05) is 33.7 Å². The van der Waals surface area contributed by atoms with Gasteiger partial charge in [0.1, 0.15) is 0 Å². The second-order valence-corrected chi connectivity index (χ2v) is 5.64. The lowest BCUT2D eigenvalue weighted by Crippen LogP contribution is -2.53. The molecule has 0 aromatic heterocycles. The smallest absolute Gasteiger partial charge is 0.234 e. The van der Waals surface area contributed by atoms with E-state index in [1.165, 1.54) is 12.8 Å². The maximum atomic E-state index is 11.5. The van der Waals surface area contributed by atoms with Crippen LogP contribution in [0, 0.1) is 5.41 Å². The average Bonchev–Trinajstić information content (AvgIpc) is 2.14. The zero-order valence-electron chi connectivity index (χ0n) is 11.4. The molecule has 1 unspecified atom stereocenters. The Morgan fingerprint density at radius 2 is 2.12 bits per heavy atom. The van der Waals surface area contributed by atoms with E-state index in [-0.39, 0.29) is 23.7 Å². The van der Waals surface area contributed by atoms with E-state index < -0.39 is 0 Å². The molecule has 0 bridgehead atoms. The van der Waals surface area contributed by atoms with Crippen molar-refractivity contribution in [2.45, 2.75) is 32.7 Å². The highest BCUT2D eigenvalue weighted by Crippen LogP contribution is 2.29. The van der Waals surface area contributed by atoms with Crippen LogP contribution in [0.3, 0.4) is 0 Å². The molecule has 0 aliphatic carbocycles. The quantitative estimate of drug-likeness (QED) is 0.791. The molecule has 0 saturated carbocycles. The third kappa shape index (κ3) is 5.70. The van der Waals surface area contributed by atoms with Crippen molar-refractivity contribution in [2.24, 2.45) is 5.41 Å². The second-order valence-electron chi connectivity index (χ2n) is 5.64. The number of carbonyl (C=O) groups is 1. The Morgan fingerprint density at radius 3 is 2.65 bits per heavy atom. The molecule has 102 valence electrons. The summed E-state index contributed by atoms with van der Waals surface area (Å²) in [7, 11) is 3.81. The number of amides is 1. The fourth-order valence-corrected chi connectivity index (χ4v) is 2.18. The van der Waals surface area contributed by atoms with Gasteiger partial charge in [0, 0.05) is 12.6 Å². The standard InChI is InChI=1S/C12H25N3O.ClH/c1-12(2)6-5-7-13-10(12)8-14-11(16)9-15(3)4;/h10,13H,5-9H2,1-4H3,(H,14,16);1H. The molecule has 0 aromatic carbocycles. The van der Waals surface area contributed by atoms with Gasteiger partial charge in [-0.3, -0.25) is 4.79 Å². The first-order chi connectivity index (χ1) is 7.42. The number of nitrogens with zero attached hydrogens (tertiary/aromatic N) is 1. The fraction of sp³-hybridized carbons (Fsp3) is 0.917. The molecule has 1 aliphatic rings. The zero-order chi connectivity index (χ0) is 12.2. The summed E-state index contributed by atoms with van der Waals surface area (Å²) in [6, 6.07) is 0.396. The molecule has 5 heteroatoms. The molecule has 0 spiro atoms. The SMILES string of the molecule is CN(C)CC(=O)NCC1NCCCC1(C)C.Cl. The summed E-state index contributed by atoms with van der Waals surface area (Å²) in [5, 5.41) is 6.49. The third-order valence-corrected chi connectivity index (χ3v) is 3.30. The molecule has 4 nitrogen and oxygen atoms in total. The molecule has 1 heterocycles. The monoisotopic (exact) mass is 263 g/mol. The van der Waals surface area contributed by atoms with Crippen LogP contribution in [0.25, 0.3) is 0 Å². The number of hydrogen-bond donors (Lipinski definition) is 2. The van der Waals surface area contributed by atoms with Gasteiger partial charge < -0.3 is 15.5 Å². The van der Waals surface area contributed by atoms with E-state index in [9.17, 15) is 4.79 Å². The first-order valence-corrected chi connectivity index (χ1v) is 6.06. The lowest BCUT2D eigenvalue weighted by Gasteiger charge is -2.39. The van der Waals surface area contributed by atoms with Crippen molar-refractivity contribution < 1.29 is 4.79 Å². The van der Waals surface area contributed by atoms with Crippen LogP contribution in [0.15, 0.2) is 0 Å². The Hall–Kier alpha value is -0.320. The Kier molecular flexibility index (Phi) is 7.05. The lowest BCUT2D eigenvalue weighted by atomic mass is 9.77. The number of rotatable bonds is 4. The third-order valence-electron chi connectivity index (χ3n) is 3.30. The van der Waals surface area contributed by atoms with Gasteiger partial charge in [0.05, 0.1) is 6.54 Å². The van der Waals surface area contributed by atoms with Crippen molar-refractivity contribution in [1.29, 1.82) is 0 Å². The van der Waals surface area contributed by atoms with Gasteiger partial charge >= 0.3 is 0 Å². The van der Waals surface area contributed by atoms with Gasteiger partial charge in [-0.05, 0) is 38.9 Å². The highest BCUT2D eigenvalue weighted by molar-refractivity contribution is 5.85. The van der Waals surface area contributed by atoms with E-state index in [1.807, 2.05) is 19.0 Å². The first kappa shape index (κ1) is 16.7. The van der Waals surface area contributed by atoms with Gasteiger partial charge in [0.2, 0.25) is 5.91 Å². The Morgan fingerprint density at radius 1 is 1.47 bits per heavy atom. The van der Waals surface area contributed by atoms with Crippen LogP contribution in [0.1, 0.15) is 26.7 Å². The minimum atomic E-state index is 0. The Labute approximate surface area is 111 Å². The van der Waals surface area contributed by atoms with E-state index in [0.717, 1.165) is 13.1 Å².